The fourth-order valence-electron chi connectivity index (χ4n) is 8.91. The molecule has 0 fully saturated rings. The fraction of sp³-hybridized carbons (Fsp3) is 0.442. The summed E-state index contributed by atoms with van der Waals surface area (Å²) in [5.74, 6) is 5.22. The lowest BCUT2D eigenvalue weighted by Crippen LogP contribution is -2.39. The summed E-state index contributed by atoms with van der Waals surface area (Å²) in [6.07, 6.45) is -0.227. The maximum atomic E-state index is 12.6. The second-order valence-corrected chi connectivity index (χ2v) is 15.1. The third-order valence-electron chi connectivity index (χ3n) is 11.7. The zero-order chi connectivity index (χ0) is 39.3. The smallest absolute Gasteiger partial charge is 0.422 e. The number of rotatable bonds is 8. The Morgan fingerprint density at radius 2 is 1.07 bits per heavy atom. The van der Waals surface area contributed by atoms with Gasteiger partial charge in [-0.05, 0) is 119 Å². The van der Waals surface area contributed by atoms with Gasteiger partial charge in [0.25, 0.3) is 0 Å². The molecule has 0 saturated heterocycles. The topological polar surface area (TPSA) is 101 Å². The minimum absolute atomic E-state index is 0.122. The van der Waals surface area contributed by atoms with Crippen LogP contribution in [0.1, 0.15) is 63.0 Å². The molecule has 6 aliphatic rings. The Hall–Kier alpha value is -5.05. The van der Waals surface area contributed by atoms with E-state index in [0.717, 1.165) is 84.5 Å². The summed E-state index contributed by atoms with van der Waals surface area (Å²) in [5.41, 5.74) is 9.78. The molecule has 0 spiro atoms. The Bertz CT molecular complexity index is 2160. The van der Waals surface area contributed by atoms with E-state index < -0.39 is 12.8 Å². The van der Waals surface area contributed by atoms with E-state index in [4.69, 9.17) is 43.0 Å². The highest BCUT2D eigenvalue weighted by Gasteiger charge is 2.37. The van der Waals surface area contributed by atoms with Crippen LogP contribution in [0.25, 0.3) is 0 Å². The predicted molar refractivity (Wildman–Crippen MR) is 201 cm³/mol. The van der Waals surface area contributed by atoms with Crippen molar-refractivity contribution in [3.05, 3.63) is 93.0 Å². The molecule has 0 aliphatic carbocycles. The molecular formula is C43H45F3N2O9. The van der Waals surface area contributed by atoms with Gasteiger partial charge in [-0.3, -0.25) is 9.80 Å². The van der Waals surface area contributed by atoms with E-state index in [-0.39, 0.29) is 25.2 Å². The van der Waals surface area contributed by atoms with Crippen LogP contribution < -0.4 is 37.9 Å². The summed E-state index contributed by atoms with van der Waals surface area (Å²) in [6.45, 7) is 3.36. The lowest BCUT2D eigenvalue weighted by atomic mass is 9.83. The monoisotopic (exact) mass is 790 g/mol. The van der Waals surface area contributed by atoms with Gasteiger partial charge in [-0.25, -0.2) is 0 Å². The van der Waals surface area contributed by atoms with Crippen molar-refractivity contribution in [1.29, 1.82) is 0 Å². The molecule has 2 atom stereocenters. The Kier molecular flexibility index (Phi) is 10.1. The van der Waals surface area contributed by atoms with Gasteiger partial charge in [0.15, 0.2) is 52.6 Å². The number of hydrogen-bond acceptors (Lipinski definition) is 11. The highest BCUT2D eigenvalue weighted by Crippen LogP contribution is 2.47. The van der Waals surface area contributed by atoms with Gasteiger partial charge in [0.2, 0.25) is 13.6 Å². The Morgan fingerprint density at radius 3 is 1.53 bits per heavy atom. The number of aliphatic hydroxyl groups is 1. The summed E-state index contributed by atoms with van der Waals surface area (Å²) in [5, 5.41) is 9.02. The molecule has 2 unspecified atom stereocenters. The molecule has 6 heterocycles. The predicted octanol–water partition coefficient (Wildman–Crippen LogP) is 6.86. The van der Waals surface area contributed by atoms with Crippen molar-refractivity contribution in [2.24, 2.45) is 0 Å². The number of benzene rings is 4. The first-order chi connectivity index (χ1) is 27.7. The molecule has 0 aromatic heterocycles. The quantitative estimate of drug-likeness (QED) is 0.190. The molecule has 0 saturated carbocycles. The minimum atomic E-state index is -4.40. The van der Waals surface area contributed by atoms with Crippen molar-refractivity contribution < 1.29 is 56.2 Å². The van der Waals surface area contributed by atoms with Crippen molar-refractivity contribution in [3.63, 3.8) is 0 Å². The molecule has 0 amide bonds. The van der Waals surface area contributed by atoms with E-state index in [1.807, 2.05) is 6.07 Å². The van der Waals surface area contributed by atoms with E-state index in [2.05, 4.69) is 40.1 Å². The number of fused-ring (bicyclic) bond motifs is 10. The standard InChI is InChI=1S/C22H25NO5.C21H20F3NO4/c1-25-19-10-16-12-23-4-3-14-8-21-22(28-13-27-21)11-17(14)18(23)7-15(16)9-20(19)26-6-2-5-24;1-26-17-7-14-9-25-3-2-12-5-19-20(29-11-28-19)8-15(12)16(25)4-13(14)6-18(17)27-10-21(22,23)24/h8-11,18,24H,2-7,12-13H2,1H3;5-8,16H,2-4,9-11H2,1H3. The summed E-state index contributed by atoms with van der Waals surface area (Å²) >= 11 is 0. The van der Waals surface area contributed by atoms with Crippen molar-refractivity contribution >= 4 is 0 Å². The fourth-order valence-corrected chi connectivity index (χ4v) is 8.91. The maximum Gasteiger partial charge on any atom is 0.422 e. The molecule has 302 valence electrons. The zero-order valence-electron chi connectivity index (χ0n) is 31.9. The van der Waals surface area contributed by atoms with Gasteiger partial charge in [0, 0.05) is 51.3 Å². The van der Waals surface area contributed by atoms with Crippen LogP contribution in [0, 0.1) is 0 Å². The van der Waals surface area contributed by atoms with Crippen LogP contribution in [-0.2, 0) is 38.8 Å². The minimum Gasteiger partial charge on any atom is -0.493 e. The largest absolute Gasteiger partial charge is 0.493 e. The molecule has 11 nitrogen and oxygen atoms in total. The van der Waals surface area contributed by atoms with Gasteiger partial charge in [-0.1, -0.05) is 0 Å². The van der Waals surface area contributed by atoms with Crippen LogP contribution in [0.5, 0.6) is 46.0 Å². The first-order valence-corrected chi connectivity index (χ1v) is 19.3. The van der Waals surface area contributed by atoms with Crippen molar-refractivity contribution in [2.45, 2.75) is 63.5 Å². The number of ether oxygens (including phenoxy) is 8. The van der Waals surface area contributed by atoms with Crippen LogP contribution in [0.15, 0.2) is 48.5 Å². The van der Waals surface area contributed by atoms with Crippen LogP contribution in [-0.4, -0.2) is 81.8 Å². The van der Waals surface area contributed by atoms with Crippen molar-refractivity contribution in [3.8, 4) is 46.0 Å². The molecule has 6 aliphatic heterocycles. The Balaban J connectivity index is 0.000000148. The van der Waals surface area contributed by atoms with Crippen LogP contribution in [0.4, 0.5) is 13.2 Å². The molecule has 10 rings (SSSR count). The van der Waals surface area contributed by atoms with Gasteiger partial charge in [0.05, 0.1) is 20.8 Å². The third-order valence-corrected chi connectivity index (χ3v) is 11.7. The van der Waals surface area contributed by atoms with E-state index >= 15 is 0 Å². The van der Waals surface area contributed by atoms with Crippen molar-refractivity contribution in [1.82, 2.24) is 9.80 Å². The molecule has 0 bridgehead atoms. The van der Waals surface area contributed by atoms with E-state index in [1.165, 1.54) is 40.5 Å². The summed E-state index contributed by atoms with van der Waals surface area (Å²) in [7, 11) is 3.11. The second-order valence-electron chi connectivity index (χ2n) is 15.1. The third kappa shape index (κ3) is 7.46. The van der Waals surface area contributed by atoms with Gasteiger partial charge < -0.3 is 43.0 Å². The van der Waals surface area contributed by atoms with E-state index in [9.17, 15) is 13.2 Å². The second kappa shape index (κ2) is 15.4. The SMILES string of the molecule is COc1cc2c(cc1OCC(F)(F)F)CC1c3cc4c(cc3CCN1C2)OCO4.COc1cc2c(cc1OCCCO)CC1c3cc4c(cc3CCN1C2)OCO4. The van der Waals surface area contributed by atoms with E-state index in [1.54, 1.807) is 19.2 Å². The summed E-state index contributed by atoms with van der Waals surface area (Å²) < 4.78 is 81.8. The molecule has 14 heteroatoms. The summed E-state index contributed by atoms with van der Waals surface area (Å²) in [6, 6.07) is 16.6. The Labute approximate surface area is 328 Å². The first kappa shape index (κ1) is 37.5. The van der Waals surface area contributed by atoms with Gasteiger partial charge in [0.1, 0.15) is 0 Å². The number of alkyl halides is 3. The van der Waals surface area contributed by atoms with Crippen LogP contribution >= 0.6 is 0 Å². The highest BCUT2D eigenvalue weighted by atomic mass is 19.4. The average molecular weight is 791 g/mol. The Morgan fingerprint density at radius 1 is 0.614 bits per heavy atom. The zero-order valence-corrected chi connectivity index (χ0v) is 31.9. The van der Waals surface area contributed by atoms with Crippen LogP contribution in [0.3, 0.4) is 0 Å². The lowest BCUT2D eigenvalue weighted by molar-refractivity contribution is -0.153. The normalized spacial score (nSPS) is 19.8. The number of halogens is 3. The number of hydrogen-bond donors (Lipinski definition) is 1. The van der Waals surface area contributed by atoms with Gasteiger partial charge in [-0.2, -0.15) is 13.2 Å². The number of methoxy groups -OCH3 is 2. The lowest BCUT2D eigenvalue weighted by Gasteiger charge is -2.41. The first-order valence-electron chi connectivity index (χ1n) is 19.3. The molecule has 4 aromatic rings. The molecule has 1 N–H and O–H groups in total. The van der Waals surface area contributed by atoms with E-state index in [0.29, 0.717) is 44.6 Å². The van der Waals surface area contributed by atoms with Crippen molar-refractivity contribution in [2.75, 3.05) is 60.7 Å². The van der Waals surface area contributed by atoms with Crippen LogP contribution in [0.2, 0.25) is 0 Å². The summed E-state index contributed by atoms with van der Waals surface area (Å²) in [4.78, 5) is 4.93. The highest BCUT2D eigenvalue weighted by molar-refractivity contribution is 5.55. The number of nitrogens with zero attached hydrogens (tertiary/aromatic N) is 2. The molecular weight excluding hydrogens is 745 g/mol. The van der Waals surface area contributed by atoms with Gasteiger partial charge >= 0.3 is 6.18 Å². The number of aliphatic hydroxyl groups excluding tert-OH is 1. The molecule has 57 heavy (non-hydrogen) atoms. The average Bonchev–Trinajstić information content (AvgIpc) is 3.88. The molecule has 4 aromatic carbocycles. The molecule has 0 radical (unpaired) electrons. The van der Waals surface area contributed by atoms with Gasteiger partial charge in [-0.15, -0.1) is 0 Å². The maximum absolute atomic E-state index is 12.6.